The van der Waals surface area contributed by atoms with Crippen molar-refractivity contribution in [2.75, 3.05) is 4.90 Å². The molecule has 0 fully saturated rings. The standard InChI is InChI=1S/C65H50N4/c1-2-18-43(19-3-1)48-40-58(66-59(41-48)46-22-17-23-49(37-46)67-60-30-10-4-24-52(60)53-25-5-11-31-61(53)67)45-21-16-20-44(36-45)47-38-50(68-62-32-12-6-26-54(62)55-27-7-13-33-63(55)68)42-51(39-47)69-64-34-14-8-28-56(64)57-29-9-15-35-65(57)69/h1-7,10-12,14-27,30-32,34-42,54,62H,8-9,13,28-29,33H2. The van der Waals surface area contributed by atoms with Crippen molar-refractivity contribution in [3.8, 4) is 56.1 Å². The summed E-state index contributed by atoms with van der Waals surface area (Å²) in [5.74, 6) is 0.342. The van der Waals surface area contributed by atoms with E-state index in [9.17, 15) is 0 Å². The number of anilines is 1. The monoisotopic (exact) mass is 886 g/mol. The van der Waals surface area contributed by atoms with Gasteiger partial charge in [-0.15, -0.1) is 0 Å². The maximum atomic E-state index is 5.54. The van der Waals surface area contributed by atoms with Crippen molar-refractivity contribution < 1.29 is 0 Å². The molecule has 2 unspecified atom stereocenters. The van der Waals surface area contributed by atoms with E-state index in [1.807, 2.05) is 0 Å². The summed E-state index contributed by atoms with van der Waals surface area (Å²) in [6.45, 7) is 0. The largest absolute Gasteiger partial charge is 0.337 e. The highest BCUT2D eigenvalue weighted by Crippen LogP contribution is 2.47. The highest BCUT2D eigenvalue weighted by molar-refractivity contribution is 6.09. The van der Waals surface area contributed by atoms with Gasteiger partial charge in [-0.05, 0) is 150 Å². The summed E-state index contributed by atoms with van der Waals surface area (Å²) in [5, 5.41) is 2.51. The molecule has 0 bridgehead atoms. The highest BCUT2D eigenvalue weighted by Gasteiger charge is 2.39. The van der Waals surface area contributed by atoms with Crippen molar-refractivity contribution in [1.29, 1.82) is 0 Å². The third-order valence-corrected chi connectivity index (χ3v) is 15.2. The number of fused-ring (bicyclic) bond motifs is 8. The van der Waals surface area contributed by atoms with Gasteiger partial charge in [0.1, 0.15) is 0 Å². The molecule has 0 saturated carbocycles. The molecule has 0 amide bonds. The second kappa shape index (κ2) is 16.2. The van der Waals surface area contributed by atoms with Gasteiger partial charge in [-0.2, -0.15) is 0 Å². The molecule has 4 heterocycles. The number of rotatable bonds is 7. The third-order valence-electron chi connectivity index (χ3n) is 15.2. The first kappa shape index (κ1) is 39.9. The smallest absolute Gasteiger partial charge is 0.0716 e. The average Bonchev–Trinajstić information content (AvgIpc) is 4.07. The van der Waals surface area contributed by atoms with E-state index >= 15 is 0 Å². The number of benzene rings is 6. The van der Waals surface area contributed by atoms with Crippen LogP contribution in [0.25, 0.3) is 90.1 Å². The number of para-hydroxylation sites is 2. The Bertz CT molecular complexity index is 3660. The molecule has 0 radical (unpaired) electrons. The van der Waals surface area contributed by atoms with E-state index in [-0.39, 0.29) is 6.04 Å². The lowest BCUT2D eigenvalue weighted by molar-refractivity contribution is 0.681. The Kier molecular flexibility index (Phi) is 9.40. The molecule has 330 valence electrons. The molecule has 1 aliphatic heterocycles. The van der Waals surface area contributed by atoms with E-state index < -0.39 is 0 Å². The minimum Gasteiger partial charge on any atom is -0.337 e. The maximum absolute atomic E-state index is 5.54. The van der Waals surface area contributed by atoms with Crippen molar-refractivity contribution in [2.45, 2.75) is 44.6 Å². The summed E-state index contributed by atoms with van der Waals surface area (Å²) < 4.78 is 4.96. The summed E-state index contributed by atoms with van der Waals surface area (Å²) in [4.78, 5) is 8.21. The Balaban J connectivity index is 0.932. The molecule has 0 saturated heterocycles. The van der Waals surface area contributed by atoms with E-state index in [1.54, 1.807) is 0 Å². The Morgan fingerprint density at radius 2 is 1.00 bits per heavy atom. The Hall–Kier alpha value is -8.21. The number of allylic oxidation sites excluding steroid dienone is 7. The van der Waals surface area contributed by atoms with Gasteiger partial charge in [0.05, 0.1) is 28.5 Å². The lowest BCUT2D eigenvalue weighted by Gasteiger charge is -2.32. The van der Waals surface area contributed by atoms with Crippen molar-refractivity contribution in [1.82, 2.24) is 14.1 Å². The molecule has 4 aliphatic carbocycles. The van der Waals surface area contributed by atoms with Crippen LogP contribution in [0.3, 0.4) is 0 Å². The van der Waals surface area contributed by atoms with Crippen molar-refractivity contribution in [3.63, 3.8) is 0 Å². The van der Waals surface area contributed by atoms with Gasteiger partial charge in [0.25, 0.3) is 0 Å². The molecule has 6 aromatic carbocycles. The second-order valence-corrected chi connectivity index (χ2v) is 19.2. The van der Waals surface area contributed by atoms with Gasteiger partial charge in [0.15, 0.2) is 0 Å². The van der Waals surface area contributed by atoms with Crippen LogP contribution < -0.4 is 4.90 Å². The van der Waals surface area contributed by atoms with Crippen LogP contribution in [-0.2, 0) is 12.8 Å². The fourth-order valence-electron chi connectivity index (χ4n) is 12.1. The Morgan fingerprint density at radius 3 is 1.75 bits per heavy atom. The first-order valence-electron chi connectivity index (χ1n) is 24.8. The number of nitrogens with zero attached hydrogens (tertiary/aromatic N) is 4. The van der Waals surface area contributed by atoms with Crippen LogP contribution in [-0.4, -0.2) is 20.2 Å². The molecule has 4 nitrogen and oxygen atoms in total. The second-order valence-electron chi connectivity index (χ2n) is 19.2. The predicted octanol–water partition coefficient (Wildman–Crippen LogP) is 16.1. The van der Waals surface area contributed by atoms with E-state index in [1.165, 1.54) is 78.1 Å². The maximum Gasteiger partial charge on any atom is 0.0716 e. The first-order valence-corrected chi connectivity index (χ1v) is 24.8. The minimum atomic E-state index is 0.237. The third kappa shape index (κ3) is 6.61. The van der Waals surface area contributed by atoms with Gasteiger partial charge >= 0.3 is 0 Å². The molecule has 2 atom stereocenters. The topological polar surface area (TPSA) is 26.0 Å². The van der Waals surface area contributed by atoms with Crippen LogP contribution in [0.2, 0.25) is 0 Å². The number of pyridine rings is 1. The summed E-state index contributed by atoms with van der Waals surface area (Å²) in [5.41, 5.74) is 23.3. The van der Waals surface area contributed by atoms with Gasteiger partial charge in [-0.3, -0.25) is 0 Å². The average molecular weight is 887 g/mol. The van der Waals surface area contributed by atoms with Gasteiger partial charge in [-0.1, -0.05) is 146 Å². The quantitative estimate of drug-likeness (QED) is 0.159. The lowest BCUT2D eigenvalue weighted by Crippen LogP contribution is -2.33. The highest BCUT2D eigenvalue weighted by atomic mass is 15.2. The lowest BCUT2D eigenvalue weighted by atomic mass is 9.88. The van der Waals surface area contributed by atoms with Crippen LogP contribution in [0.1, 0.15) is 48.2 Å². The molecule has 5 aliphatic rings. The molecule has 4 heteroatoms. The van der Waals surface area contributed by atoms with Crippen LogP contribution in [0.4, 0.5) is 5.69 Å². The fourth-order valence-corrected chi connectivity index (χ4v) is 12.1. The number of hydrogen-bond donors (Lipinski definition) is 0. The molecular formula is C65H50N4. The Morgan fingerprint density at radius 1 is 0.420 bits per heavy atom. The molecule has 3 aromatic heterocycles. The van der Waals surface area contributed by atoms with Crippen LogP contribution >= 0.6 is 0 Å². The van der Waals surface area contributed by atoms with Crippen LogP contribution in [0.15, 0.2) is 218 Å². The zero-order valence-corrected chi connectivity index (χ0v) is 38.5. The number of hydrogen-bond acceptors (Lipinski definition) is 2. The van der Waals surface area contributed by atoms with Gasteiger partial charge in [0, 0.05) is 62.0 Å². The van der Waals surface area contributed by atoms with E-state index in [4.69, 9.17) is 4.98 Å². The molecule has 0 spiro atoms. The Labute approximate surface area is 403 Å². The first-order chi connectivity index (χ1) is 34.2. The normalized spacial score (nSPS) is 17.7. The summed E-state index contributed by atoms with van der Waals surface area (Å²) >= 11 is 0. The van der Waals surface area contributed by atoms with Gasteiger partial charge in [-0.25, -0.2) is 4.98 Å². The molecule has 0 N–H and O–H groups in total. The molecular weight excluding hydrogens is 837 g/mol. The summed E-state index contributed by atoms with van der Waals surface area (Å²) in [6.07, 6.45) is 30.0. The van der Waals surface area contributed by atoms with Crippen LogP contribution in [0.5, 0.6) is 0 Å². The molecule has 14 rings (SSSR count). The van der Waals surface area contributed by atoms with Crippen molar-refractivity contribution in [3.05, 3.63) is 240 Å². The van der Waals surface area contributed by atoms with Crippen molar-refractivity contribution >= 4 is 39.6 Å². The zero-order valence-electron chi connectivity index (χ0n) is 38.5. The van der Waals surface area contributed by atoms with E-state index in [0.29, 0.717) is 5.92 Å². The van der Waals surface area contributed by atoms with E-state index in [0.717, 1.165) is 77.9 Å². The zero-order chi connectivity index (χ0) is 45.4. The van der Waals surface area contributed by atoms with Crippen molar-refractivity contribution in [2.24, 2.45) is 5.92 Å². The van der Waals surface area contributed by atoms with Gasteiger partial charge in [0.2, 0.25) is 0 Å². The summed E-state index contributed by atoms with van der Waals surface area (Å²) in [7, 11) is 0. The predicted molar refractivity (Wildman–Crippen MR) is 288 cm³/mol. The SMILES string of the molecule is C1=CC2C3=C(CCC=C3)N(c3cc(-c4cccc(-c5cc(-c6ccccc6)cc(-c6cccc(-n7c8ccccc8c8ccccc87)c6)n5)c4)cc(-n4c5c(c6c4C=CCC6)CCC=C5)c3)C2C=C1. The van der Waals surface area contributed by atoms with Crippen LogP contribution in [0, 0.1) is 5.92 Å². The summed E-state index contributed by atoms with van der Waals surface area (Å²) in [6, 6.07) is 58.3. The molecule has 69 heavy (non-hydrogen) atoms. The van der Waals surface area contributed by atoms with Gasteiger partial charge < -0.3 is 14.0 Å². The molecule has 9 aromatic rings. The fraction of sp³-hybridized carbons (Fsp3) is 0.123. The number of aromatic nitrogens is 3. The minimum absolute atomic E-state index is 0.237. The van der Waals surface area contributed by atoms with E-state index in [2.05, 4.69) is 233 Å².